The van der Waals surface area contributed by atoms with Crippen molar-refractivity contribution >= 4 is 11.8 Å². The van der Waals surface area contributed by atoms with Crippen molar-refractivity contribution in [3.63, 3.8) is 0 Å². The molecule has 19 heavy (non-hydrogen) atoms. The van der Waals surface area contributed by atoms with Gasteiger partial charge in [-0.05, 0) is 37.6 Å². The molecule has 0 saturated heterocycles. The smallest absolute Gasteiger partial charge is 0.116 e. The Labute approximate surface area is 116 Å². The average Bonchev–Trinajstić information content (AvgIpc) is 3.18. The molecule has 5 nitrogen and oxygen atoms in total. The summed E-state index contributed by atoms with van der Waals surface area (Å²) in [5.41, 5.74) is 2.37. The lowest BCUT2D eigenvalue weighted by molar-refractivity contribution is 0.658. The predicted molar refractivity (Wildman–Crippen MR) is 74.0 cm³/mol. The Bertz CT molecular complexity index is 562. The molecule has 0 radical (unpaired) electrons. The summed E-state index contributed by atoms with van der Waals surface area (Å²) >= 11 is 1.64. The number of hydrogen-bond donors (Lipinski definition) is 1. The average molecular weight is 275 g/mol. The van der Waals surface area contributed by atoms with Crippen LogP contribution < -0.4 is 5.32 Å². The first-order valence-electron chi connectivity index (χ1n) is 6.44. The van der Waals surface area contributed by atoms with Gasteiger partial charge in [-0.25, -0.2) is 9.97 Å². The number of aromatic nitrogens is 4. The fourth-order valence-electron chi connectivity index (χ4n) is 1.98. The Morgan fingerprint density at radius 3 is 3.00 bits per heavy atom. The van der Waals surface area contributed by atoms with Crippen molar-refractivity contribution in [1.82, 2.24) is 25.1 Å². The maximum atomic E-state index is 4.52. The van der Waals surface area contributed by atoms with Crippen molar-refractivity contribution in [3.05, 3.63) is 29.8 Å². The van der Waals surface area contributed by atoms with Crippen molar-refractivity contribution in [3.8, 4) is 0 Å². The van der Waals surface area contributed by atoms with Crippen LogP contribution in [-0.2, 0) is 13.6 Å². The van der Waals surface area contributed by atoms with E-state index in [4.69, 9.17) is 0 Å². The van der Waals surface area contributed by atoms with Crippen LogP contribution in [0.25, 0.3) is 0 Å². The molecule has 1 N–H and O–H groups in total. The first-order chi connectivity index (χ1) is 9.24. The molecule has 0 spiro atoms. The molecule has 0 amide bonds. The SMILES string of the molecule is Cc1nn(C)c(Sc2ccncn2)c1CNC1CC1. The first kappa shape index (κ1) is 12.6. The van der Waals surface area contributed by atoms with E-state index < -0.39 is 0 Å². The molecule has 1 fully saturated rings. The van der Waals surface area contributed by atoms with E-state index in [1.54, 1.807) is 24.3 Å². The Hall–Kier alpha value is -1.40. The van der Waals surface area contributed by atoms with Gasteiger partial charge in [-0.3, -0.25) is 4.68 Å². The van der Waals surface area contributed by atoms with E-state index in [9.17, 15) is 0 Å². The van der Waals surface area contributed by atoms with Gasteiger partial charge in [-0.15, -0.1) is 0 Å². The van der Waals surface area contributed by atoms with Crippen molar-refractivity contribution < 1.29 is 0 Å². The molecule has 1 saturated carbocycles. The van der Waals surface area contributed by atoms with Gasteiger partial charge in [-0.2, -0.15) is 5.10 Å². The van der Waals surface area contributed by atoms with E-state index in [1.807, 2.05) is 17.8 Å². The molecule has 6 heteroatoms. The molecule has 0 atom stereocenters. The third-order valence-electron chi connectivity index (χ3n) is 3.19. The van der Waals surface area contributed by atoms with Crippen LogP contribution in [0.4, 0.5) is 0 Å². The van der Waals surface area contributed by atoms with Gasteiger partial charge < -0.3 is 5.32 Å². The molecule has 3 rings (SSSR count). The summed E-state index contributed by atoms with van der Waals surface area (Å²) in [5, 5.41) is 10.2. The van der Waals surface area contributed by atoms with Gasteiger partial charge >= 0.3 is 0 Å². The van der Waals surface area contributed by atoms with E-state index in [0.29, 0.717) is 6.04 Å². The zero-order valence-corrected chi connectivity index (χ0v) is 11.9. The Balaban J connectivity index is 1.82. The highest BCUT2D eigenvalue weighted by molar-refractivity contribution is 7.99. The first-order valence-corrected chi connectivity index (χ1v) is 7.25. The molecule has 0 unspecified atom stereocenters. The zero-order valence-electron chi connectivity index (χ0n) is 11.1. The lowest BCUT2D eigenvalue weighted by Gasteiger charge is -2.06. The maximum Gasteiger partial charge on any atom is 0.116 e. The van der Waals surface area contributed by atoms with E-state index in [2.05, 4.69) is 27.3 Å². The van der Waals surface area contributed by atoms with E-state index in [0.717, 1.165) is 22.3 Å². The van der Waals surface area contributed by atoms with Crippen molar-refractivity contribution in [2.24, 2.45) is 7.05 Å². The molecule has 1 aliphatic carbocycles. The summed E-state index contributed by atoms with van der Waals surface area (Å²) in [7, 11) is 1.98. The predicted octanol–water partition coefficient (Wildman–Crippen LogP) is 1.92. The minimum absolute atomic E-state index is 0.705. The topological polar surface area (TPSA) is 55.6 Å². The van der Waals surface area contributed by atoms with Gasteiger partial charge in [0.15, 0.2) is 0 Å². The van der Waals surface area contributed by atoms with Crippen molar-refractivity contribution in [2.45, 2.75) is 42.4 Å². The van der Waals surface area contributed by atoms with Gasteiger partial charge in [0.2, 0.25) is 0 Å². The summed E-state index contributed by atoms with van der Waals surface area (Å²) in [6.07, 6.45) is 5.94. The number of hydrogen-bond acceptors (Lipinski definition) is 5. The molecule has 2 heterocycles. The minimum Gasteiger partial charge on any atom is -0.310 e. The third-order valence-corrected chi connectivity index (χ3v) is 4.34. The summed E-state index contributed by atoms with van der Waals surface area (Å²) in [5.74, 6) is 0. The number of nitrogens with zero attached hydrogens (tertiary/aromatic N) is 4. The highest BCUT2D eigenvalue weighted by atomic mass is 32.2. The molecule has 2 aromatic heterocycles. The Morgan fingerprint density at radius 1 is 1.47 bits per heavy atom. The van der Waals surface area contributed by atoms with Crippen molar-refractivity contribution in [2.75, 3.05) is 0 Å². The van der Waals surface area contributed by atoms with Crippen LogP contribution in [0, 0.1) is 6.92 Å². The van der Waals surface area contributed by atoms with Crippen LogP contribution >= 0.6 is 11.8 Å². The van der Waals surface area contributed by atoms with E-state index in [-0.39, 0.29) is 0 Å². The molecule has 0 bridgehead atoms. The minimum atomic E-state index is 0.705. The van der Waals surface area contributed by atoms with Crippen LogP contribution in [0.2, 0.25) is 0 Å². The molecular weight excluding hydrogens is 258 g/mol. The summed E-state index contributed by atoms with van der Waals surface area (Å²) in [6.45, 7) is 2.95. The van der Waals surface area contributed by atoms with Crippen LogP contribution in [0.3, 0.4) is 0 Å². The van der Waals surface area contributed by atoms with Gasteiger partial charge in [0.05, 0.1) is 5.69 Å². The standard InChI is InChI=1S/C13H17N5S/c1-9-11(7-15-10-3-4-10)13(18(2)17-9)19-12-5-6-14-8-16-12/h5-6,8,10,15H,3-4,7H2,1-2H3. The van der Waals surface area contributed by atoms with E-state index in [1.165, 1.54) is 18.4 Å². The number of nitrogens with one attached hydrogen (secondary N) is 1. The summed E-state index contributed by atoms with van der Waals surface area (Å²) in [4.78, 5) is 8.21. The second-order valence-corrected chi connectivity index (χ2v) is 5.81. The van der Waals surface area contributed by atoms with Gasteiger partial charge in [0, 0.05) is 31.4 Å². The van der Waals surface area contributed by atoms with Gasteiger partial charge in [0.1, 0.15) is 16.4 Å². The van der Waals surface area contributed by atoms with Crippen LogP contribution in [0.1, 0.15) is 24.1 Å². The maximum absolute atomic E-state index is 4.52. The normalized spacial score (nSPS) is 14.8. The number of aryl methyl sites for hydroxylation is 2. The van der Waals surface area contributed by atoms with Crippen LogP contribution in [-0.4, -0.2) is 25.8 Å². The van der Waals surface area contributed by atoms with Crippen LogP contribution in [0.5, 0.6) is 0 Å². The largest absolute Gasteiger partial charge is 0.310 e. The van der Waals surface area contributed by atoms with Crippen LogP contribution in [0.15, 0.2) is 28.6 Å². The van der Waals surface area contributed by atoms with Gasteiger partial charge in [0.25, 0.3) is 0 Å². The molecular formula is C13H17N5S. The second kappa shape index (κ2) is 5.30. The molecule has 1 aliphatic rings. The monoisotopic (exact) mass is 275 g/mol. The Kier molecular flexibility index (Phi) is 3.52. The number of rotatable bonds is 5. The highest BCUT2D eigenvalue weighted by Crippen LogP contribution is 2.30. The zero-order chi connectivity index (χ0) is 13.2. The lowest BCUT2D eigenvalue weighted by atomic mass is 10.2. The Morgan fingerprint density at radius 2 is 2.32 bits per heavy atom. The van der Waals surface area contributed by atoms with Crippen molar-refractivity contribution in [1.29, 1.82) is 0 Å². The quantitative estimate of drug-likeness (QED) is 0.845. The third kappa shape index (κ3) is 2.96. The summed E-state index contributed by atoms with van der Waals surface area (Å²) in [6, 6.07) is 2.63. The fraction of sp³-hybridized carbons (Fsp3) is 0.462. The summed E-state index contributed by atoms with van der Waals surface area (Å²) < 4.78 is 1.94. The fourth-order valence-corrected chi connectivity index (χ4v) is 2.93. The van der Waals surface area contributed by atoms with Gasteiger partial charge in [-0.1, -0.05) is 0 Å². The molecule has 0 aromatic carbocycles. The van der Waals surface area contributed by atoms with E-state index >= 15 is 0 Å². The second-order valence-electron chi connectivity index (χ2n) is 4.80. The lowest BCUT2D eigenvalue weighted by Crippen LogP contribution is -2.16. The highest BCUT2D eigenvalue weighted by Gasteiger charge is 2.22. The molecule has 2 aromatic rings. The molecule has 0 aliphatic heterocycles. The molecule has 100 valence electrons.